The maximum absolute atomic E-state index is 11.7. The van der Waals surface area contributed by atoms with Crippen molar-refractivity contribution in [2.45, 2.75) is 13.5 Å². The van der Waals surface area contributed by atoms with Crippen LogP contribution < -0.4 is 0 Å². The molecule has 0 unspecified atom stereocenters. The number of nitrogens with zero attached hydrogens (tertiary/aromatic N) is 4. The third-order valence-corrected chi connectivity index (χ3v) is 4.03. The van der Waals surface area contributed by atoms with Crippen LogP contribution in [0.5, 0.6) is 0 Å². The monoisotopic (exact) mass is 350 g/mol. The minimum Gasteiger partial charge on any atom is -0.450 e. The van der Waals surface area contributed by atoms with Gasteiger partial charge in [-0.05, 0) is 25.1 Å². The molecule has 0 bridgehead atoms. The molecule has 1 saturated heterocycles. The molecule has 0 radical (unpaired) electrons. The highest BCUT2D eigenvalue weighted by atomic mass is 35.5. The molecular weight excluding hydrogens is 332 g/mol. The average Bonchev–Trinajstić information content (AvgIpc) is 3.04. The van der Waals surface area contributed by atoms with Crippen LogP contribution in [0.4, 0.5) is 4.79 Å². The van der Waals surface area contributed by atoms with E-state index in [1.165, 1.54) is 0 Å². The molecular formula is C16H19ClN4O3. The third-order valence-electron chi connectivity index (χ3n) is 3.80. The second-order valence-corrected chi connectivity index (χ2v) is 5.91. The van der Waals surface area contributed by atoms with Crippen LogP contribution in [0.25, 0.3) is 11.5 Å². The Balaban J connectivity index is 1.56. The van der Waals surface area contributed by atoms with E-state index in [2.05, 4.69) is 15.1 Å². The molecule has 1 aliphatic rings. The third kappa shape index (κ3) is 4.04. The predicted molar refractivity (Wildman–Crippen MR) is 88.6 cm³/mol. The molecule has 1 amide bonds. The van der Waals surface area contributed by atoms with E-state index >= 15 is 0 Å². The molecule has 1 aromatic heterocycles. The lowest BCUT2D eigenvalue weighted by atomic mass is 10.2. The zero-order valence-electron chi connectivity index (χ0n) is 13.4. The summed E-state index contributed by atoms with van der Waals surface area (Å²) in [7, 11) is 0. The Labute approximate surface area is 145 Å². The average molecular weight is 351 g/mol. The zero-order chi connectivity index (χ0) is 16.9. The van der Waals surface area contributed by atoms with Crippen LogP contribution >= 0.6 is 11.6 Å². The molecule has 128 valence electrons. The van der Waals surface area contributed by atoms with Gasteiger partial charge in [0.2, 0.25) is 11.8 Å². The lowest BCUT2D eigenvalue weighted by Crippen LogP contribution is -2.48. The van der Waals surface area contributed by atoms with Gasteiger partial charge in [0.15, 0.2) is 0 Å². The highest BCUT2D eigenvalue weighted by molar-refractivity contribution is 6.30. The Kier molecular flexibility index (Phi) is 5.32. The van der Waals surface area contributed by atoms with E-state index in [-0.39, 0.29) is 6.09 Å². The molecule has 0 aliphatic carbocycles. The van der Waals surface area contributed by atoms with Crippen LogP contribution in [0.1, 0.15) is 12.8 Å². The second-order valence-electron chi connectivity index (χ2n) is 5.47. The van der Waals surface area contributed by atoms with Crippen molar-refractivity contribution in [1.29, 1.82) is 0 Å². The summed E-state index contributed by atoms with van der Waals surface area (Å²) in [5.41, 5.74) is 0.799. The summed E-state index contributed by atoms with van der Waals surface area (Å²) in [6.07, 6.45) is -0.252. The Bertz CT molecular complexity index is 698. The molecule has 0 saturated carbocycles. The van der Waals surface area contributed by atoms with E-state index in [9.17, 15) is 4.79 Å². The Morgan fingerprint density at radius 2 is 2.08 bits per heavy atom. The quantitative estimate of drug-likeness (QED) is 0.844. The maximum atomic E-state index is 11.7. The lowest BCUT2D eigenvalue weighted by Gasteiger charge is -2.33. The molecule has 1 aliphatic heterocycles. The normalized spacial score (nSPS) is 15.5. The Hall–Kier alpha value is -2.12. The standard InChI is InChI=1S/C16H19ClN4O3/c1-2-23-16(22)21-8-6-20(7-9-21)11-14-18-19-15(24-14)12-4-3-5-13(17)10-12/h3-5,10H,2,6-9,11H2,1H3. The zero-order valence-corrected chi connectivity index (χ0v) is 14.2. The fourth-order valence-electron chi connectivity index (χ4n) is 2.55. The first-order valence-electron chi connectivity index (χ1n) is 7.88. The first-order chi connectivity index (χ1) is 11.7. The number of hydrogen-bond acceptors (Lipinski definition) is 6. The van der Waals surface area contributed by atoms with Crippen LogP contribution in [0, 0.1) is 0 Å². The molecule has 1 aromatic carbocycles. The summed E-state index contributed by atoms with van der Waals surface area (Å²) in [6, 6.07) is 7.31. The van der Waals surface area contributed by atoms with Crippen molar-refractivity contribution in [3.05, 3.63) is 35.2 Å². The van der Waals surface area contributed by atoms with Gasteiger partial charge in [0.05, 0.1) is 13.2 Å². The maximum Gasteiger partial charge on any atom is 0.409 e. The van der Waals surface area contributed by atoms with Gasteiger partial charge < -0.3 is 14.1 Å². The SMILES string of the molecule is CCOC(=O)N1CCN(Cc2nnc(-c3cccc(Cl)c3)o2)CC1. The van der Waals surface area contributed by atoms with Crippen LogP contribution in [-0.2, 0) is 11.3 Å². The molecule has 2 aromatic rings. The van der Waals surface area contributed by atoms with Gasteiger partial charge in [-0.15, -0.1) is 10.2 Å². The minimum atomic E-state index is -0.252. The van der Waals surface area contributed by atoms with Gasteiger partial charge in [0.1, 0.15) is 0 Å². The molecule has 7 nitrogen and oxygen atoms in total. The summed E-state index contributed by atoms with van der Waals surface area (Å²) in [6.45, 7) is 5.52. The summed E-state index contributed by atoms with van der Waals surface area (Å²) in [5.74, 6) is 1.01. The number of carbonyl (C=O) groups is 1. The summed E-state index contributed by atoms with van der Waals surface area (Å²) < 4.78 is 10.7. The molecule has 3 rings (SSSR count). The molecule has 8 heteroatoms. The molecule has 0 atom stereocenters. The summed E-state index contributed by atoms with van der Waals surface area (Å²) in [4.78, 5) is 15.6. The topological polar surface area (TPSA) is 71.7 Å². The summed E-state index contributed by atoms with van der Waals surface area (Å²) >= 11 is 5.98. The van der Waals surface area contributed by atoms with E-state index < -0.39 is 0 Å². The van der Waals surface area contributed by atoms with Crippen molar-refractivity contribution in [1.82, 2.24) is 20.0 Å². The Morgan fingerprint density at radius 1 is 1.29 bits per heavy atom. The Morgan fingerprint density at radius 3 is 2.79 bits per heavy atom. The number of piperazine rings is 1. The van der Waals surface area contributed by atoms with Gasteiger partial charge in [-0.1, -0.05) is 17.7 Å². The number of benzene rings is 1. The van der Waals surface area contributed by atoms with Crippen LogP contribution in [0.15, 0.2) is 28.7 Å². The number of rotatable bonds is 4. The van der Waals surface area contributed by atoms with E-state index in [0.717, 1.165) is 18.7 Å². The van der Waals surface area contributed by atoms with Crippen LogP contribution in [-0.4, -0.2) is 58.9 Å². The predicted octanol–water partition coefficient (Wildman–Crippen LogP) is 2.66. The van der Waals surface area contributed by atoms with Crippen molar-refractivity contribution in [2.75, 3.05) is 32.8 Å². The van der Waals surface area contributed by atoms with Crippen molar-refractivity contribution in [3.8, 4) is 11.5 Å². The van der Waals surface area contributed by atoms with Gasteiger partial charge in [0, 0.05) is 36.8 Å². The molecule has 2 heterocycles. The minimum absolute atomic E-state index is 0.252. The first-order valence-corrected chi connectivity index (χ1v) is 8.26. The lowest BCUT2D eigenvalue weighted by molar-refractivity contribution is 0.0756. The van der Waals surface area contributed by atoms with E-state index in [4.69, 9.17) is 20.8 Å². The van der Waals surface area contributed by atoms with E-state index in [1.807, 2.05) is 12.1 Å². The second kappa shape index (κ2) is 7.63. The van der Waals surface area contributed by atoms with Gasteiger partial charge >= 0.3 is 6.09 Å². The van der Waals surface area contributed by atoms with E-state index in [0.29, 0.717) is 43.0 Å². The summed E-state index contributed by atoms with van der Waals surface area (Å²) in [5, 5.41) is 8.79. The van der Waals surface area contributed by atoms with Crippen LogP contribution in [0.2, 0.25) is 5.02 Å². The molecule has 0 N–H and O–H groups in total. The highest BCUT2D eigenvalue weighted by Gasteiger charge is 2.23. The van der Waals surface area contributed by atoms with Crippen molar-refractivity contribution in [3.63, 3.8) is 0 Å². The number of ether oxygens (including phenoxy) is 1. The fraction of sp³-hybridized carbons (Fsp3) is 0.438. The number of hydrogen-bond donors (Lipinski definition) is 0. The van der Waals surface area contributed by atoms with Crippen molar-refractivity contribution >= 4 is 17.7 Å². The van der Waals surface area contributed by atoms with Gasteiger partial charge in [-0.2, -0.15) is 0 Å². The van der Waals surface area contributed by atoms with Gasteiger partial charge in [-0.25, -0.2) is 4.79 Å². The molecule has 1 fully saturated rings. The van der Waals surface area contributed by atoms with Gasteiger partial charge in [-0.3, -0.25) is 4.90 Å². The van der Waals surface area contributed by atoms with E-state index in [1.54, 1.807) is 24.0 Å². The number of aromatic nitrogens is 2. The van der Waals surface area contributed by atoms with Crippen molar-refractivity contribution in [2.24, 2.45) is 0 Å². The van der Waals surface area contributed by atoms with Crippen LogP contribution in [0.3, 0.4) is 0 Å². The number of halogens is 1. The largest absolute Gasteiger partial charge is 0.450 e. The molecule has 24 heavy (non-hydrogen) atoms. The molecule has 0 spiro atoms. The highest BCUT2D eigenvalue weighted by Crippen LogP contribution is 2.22. The number of carbonyl (C=O) groups excluding carboxylic acids is 1. The van der Waals surface area contributed by atoms with Gasteiger partial charge in [0.25, 0.3) is 0 Å². The number of amides is 1. The first kappa shape index (κ1) is 16.7. The smallest absolute Gasteiger partial charge is 0.409 e. The van der Waals surface area contributed by atoms with Crippen molar-refractivity contribution < 1.29 is 13.9 Å². The fourth-order valence-corrected chi connectivity index (χ4v) is 2.74.